The molecule has 3 aliphatic rings. The van der Waals surface area contributed by atoms with Crippen molar-refractivity contribution in [1.82, 2.24) is 0 Å². The zero-order chi connectivity index (χ0) is 18.8. The van der Waals surface area contributed by atoms with Gasteiger partial charge in [-0.05, 0) is 54.7 Å². The lowest BCUT2D eigenvalue weighted by atomic mass is 9.67. The van der Waals surface area contributed by atoms with Gasteiger partial charge in [-0.3, -0.25) is 0 Å². The standard InChI is InChI=1S/C24H26O4/c1-2-12-24(13-3-1,18-4-8-20(9-5-18)25-14-22-16-27-22)19-6-10-21(11-7-19)26-15-23-17-28-23/h1-2,4-11,22-23H,3,12-17H2. The summed E-state index contributed by atoms with van der Waals surface area (Å²) in [5.74, 6) is 1.82. The largest absolute Gasteiger partial charge is 0.491 e. The lowest BCUT2D eigenvalue weighted by Crippen LogP contribution is -2.28. The van der Waals surface area contributed by atoms with Crippen molar-refractivity contribution in [2.75, 3.05) is 26.4 Å². The van der Waals surface area contributed by atoms with E-state index in [2.05, 4.69) is 60.7 Å². The zero-order valence-corrected chi connectivity index (χ0v) is 16.0. The highest BCUT2D eigenvalue weighted by Crippen LogP contribution is 2.43. The number of epoxide rings is 2. The Morgan fingerprint density at radius 3 is 1.64 bits per heavy atom. The molecule has 4 nitrogen and oxygen atoms in total. The number of rotatable bonds is 8. The van der Waals surface area contributed by atoms with Gasteiger partial charge in [-0.2, -0.15) is 0 Å². The predicted molar refractivity (Wildman–Crippen MR) is 107 cm³/mol. The minimum absolute atomic E-state index is 0.00498. The monoisotopic (exact) mass is 378 g/mol. The molecule has 2 aromatic carbocycles. The molecule has 2 aromatic rings. The van der Waals surface area contributed by atoms with Crippen LogP contribution in [0.25, 0.3) is 0 Å². The fourth-order valence-corrected chi connectivity index (χ4v) is 3.97. The van der Waals surface area contributed by atoms with Gasteiger partial charge >= 0.3 is 0 Å². The van der Waals surface area contributed by atoms with Crippen molar-refractivity contribution in [3.05, 3.63) is 71.8 Å². The summed E-state index contributed by atoms with van der Waals surface area (Å²) >= 11 is 0. The van der Waals surface area contributed by atoms with Crippen LogP contribution in [-0.2, 0) is 14.9 Å². The number of benzene rings is 2. The second kappa shape index (κ2) is 7.61. The van der Waals surface area contributed by atoms with Gasteiger partial charge < -0.3 is 18.9 Å². The Hall–Kier alpha value is -2.30. The van der Waals surface area contributed by atoms with E-state index in [1.54, 1.807) is 0 Å². The summed E-state index contributed by atoms with van der Waals surface area (Å²) in [5.41, 5.74) is 2.68. The molecule has 0 saturated carbocycles. The first-order valence-corrected chi connectivity index (χ1v) is 10.2. The number of hydrogen-bond acceptors (Lipinski definition) is 4. The topological polar surface area (TPSA) is 43.5 Å². The zero-order valence-electron chi connectivity index (χ0n) is 16.0. The summed E-state index contributed by atoms with van der Waals surface area (Å²) < 4.78 is 22.1. The summed E-state index contributed by atoms with van der Waals surface area (Å²) in [6.45, 7) is 2.92. The summed E-state index contributed by atoms with van der Waals surface area (Å²) in [4.78, 5) is 0. The van der Waals surface area contributed by atoms with E-state index in [0.717, 1.165) is 44.0 Å². The maximum absolute atomic E-state index is 5.81. The summed E-state index contributed by atoms with van der Waals surface area (Å²) in [5, 5.41) is 0. The Morgan fingerprint density at radius 2 is 1.25 bits per heavy atom. The van der Waals surface area contributed by atoms with Crippen LogP contribution in [0, 0.1) is 0 Å². The molecule has 1 aliphatic carbocycles. The maximum Gasteiger partial charge on any atom is 0.119 e. The van der Waals surface area contributed by atoms with Crippen LogP contribution in [0.5, 0.6) is 11.5 Å². The van der Waals surface area contributed by atoms with Gasteiger partial charge in [0, 0.05) is 5.41 Å². The molecule has 0 radical (unpaired) electrons. The summed E-state index contributed by atoms with van der Waals surface area (Å²) in [6.07, 6.45) is 8.37. The number of ether oxygens (including phenoxy) is 4. The Labute approximate surface area is 166 Å². The molecule has 2 atom stereocenters. The molecule has 28 heavy (non-hydrogen) atoms. The highest BCUT2D eigenvalue weighted by molar-refractivity contribution is 5.45. The van der Waals surface area contributed by atoms with Gasteiger partial charge in [-0.25, -0.2) is 0 Å². The third-order valence-corrected chi connectivity index (χ3v) is 5.86. The van der Waals surface area contributed by atoms with Crippen molar-refractivity contribution in [1.29, 1.82) is 0 Å². The lowest BCUT2D eigenvalue weighted by Gasteiger charge is -2.36. The van der Waals surface area contributed by atoms with E-state index in [4.69, 9.17) is 18.9 Å². The van der Waals surface area contributed by atoms with E-state index in [0.29, 0.717) is 13.2 Å². The first kappa shape index (κ1) is 17.8. The van der Waals surface area contributed by atoms with Gasteiger partial charge in [0.1, 0.15) is 36.9 Å². The number of hydrogen-bond donors (Lipinski definition) is 0. The molecule has 4 heteroatoms. The Balaban J connectivity index is 1.36. The van der Waals surface area contributed by atoms with E-state index in [9.17, 15) is 0 Å². The molecule has 2 saturated heterocycles. The van der Waals surface area contributed by atoms with Gasteiger partial charge in [0.15, 0.2) is 0 Å². The molecule has 2 aliphatic heterocycles. The van der Waals surface area contributed by atoms with Gasteiger partial charge in [-0.1, -0.05) is 36.4 Å². The molecule has 5 rings (SSSR count). The average molecular weight is 378 g/mol. The van der Waals surface area contributed by atoms with Gasteiger partial charge in [0.05, 0.1) is 13.2 Å². The van der Waals surface area contributed by atoms with Crippen molar-refractivity contribution in [2.24, 2.45) is 0 Å². The maximum atomic E-state index is 5.81. The molecule has 0 aromatic heterocycles. The normalized spacial score (nSPS) is 28.0. The van der Waals surface area contributed by atoms with Crippen molar-refractivity contribution in [2.45, 2.75) is 36.9 Å². The fourth-order valence-electron chi connectivity index (χ4n) is 3.97. The Morgan fingerprint density at radius 1 is 0.750 bits per heavy atom. The van der Waals surface area contributed by atoms with Crippen LogP contribution in [-0.4, -0.2) is 38.6 Å². The first-order valence-electron chi connectivity index (χ1n) is 10.2. The lowest BCUT2D eigenvalue weighted by molar-refractivity contribution is 0.262. The van der Waals surface area contributed by atoms with Crippen LogP contribution in [0.4, 0.5) is 0 Å². The quantitative estimate of drug-likeness (QED) is 0.508. The summed E-state index contributed by atoms with van der Waals surface area (Å²) in [6, 6.07) is 17.2. The van der Waals surface area contributed by atoms with Gasteiger partial charge in [-0.15, -0.1) is 0 Å². The van der Waals surface area contributed by atoms with E-state index in [1.165, 1.54) is 11.1 Å². The van der Waals surface area contributed by atoms with Crippen molar-refractivity contribution in [3.63, 3.8) is 0 Å². The molecular weight excluding hydrogens is 352 g/mol. The molecule has 0 spiro atoms. The second-order valence-corrected chi connectivity index (χ2v) is 7.88. The van der Waals surface area contributed by atoms with Crippen molar-refractivity contribution in [3.8, 4) is 11.5 Å². The highest BCUT2D eigenvalue weighted by atomic mass is 16.6. The molecule has 0 amide bonds. The van der Waals surface area contributed by atoms with Crippen LogP contribution in [0.3, 0.4) is 0 Å². The fraction of sp³-hybridized carbons (Fsp3) is 0.417. The average Bonchev–Trinajstić information content (AvgIpc) is 3.67. The van der Waals surface area contributed by atoms with Crippen molar-refractivity contribution < 1.29 is 18.9 Å². The molecular formula is C24H26O4. The van der Waals surface area contributed by atoms with E-state index < -0.39 is 0 Å². The molecule has 2 heterocycles. The first-order chi connectivity index (χ1) is 13.8. The third-order valence-electron chi connectivity index (χ3n) is 5.86. The van der Waals surface area contributed by atoms with E-state index >= 15 is 0 Å². The van der Waals surface area contributed by atoms with Gasteiger partial charge in [0.25, 0.3) is 0 Å². The van der Waals surface area contributed by atoms with Crippen LogP contribution in [0.2, 0.25) is 0 Å². The molecule has 2 unspecified atom stereocenters. The van der Waals surface area contributed by atoms with Crippen molar-refractivity contribution >= 4 is 0 Å². The Bertz CT molecular complexity index is 757. The smallest absolute Gasteiger partial charge is 0.119 e. The Kier molecular flexibility index (Phi) is 4.83. The number of allylic oxidation sites excluding steroid dienone is 2. The van der Waals surface area contributed by atoms with Crippen LogP contribution in [0.15, 0.2) is 60.7 Å². The minimum atomic E-state index is 0.00498. The van der Waals surface area contributed by atoms with Crippen LogP contribution < -0.4 is 9.47 Å². The third kappa shape index (κ3) is 3.94. The second-order valence-electron chi connectivity index (χ2n) is 7.88. The van der Waals surface area contributed by atoms with Gasteiger partial charge in [0.2, 0.25) is 0 Å². The molecule has 0 bridgehead atoms. The molecule has 2 fully saturated rings. The molecule has 0 N–H and O–H groups in total. The molecule has 146 valence electrons. The summed E-state index contributed by atoms with van der Waals surface area (Å²) in [7, 11) is 0. The predicted octanol–water partition coefficient (Wildman–Crippen LogP) is 4.27. The van der Waals surface area contributed by atoms with Crippen LogP contribution >= 0.6 is 0 Å². The van der Waals surface area contributed by atoms with Crippen LogP contribution in [0.1, 0.15) is 30.4 Å². The van der Waals surface area contributed by atoms with E-state index in [-0.39, 0.29) is 17.6 Å². The van der Waals surface area contributed by atoms with E-state index in [1.807, 2.05) is 0 Å². The SMILES string of the molecule is C1=CCC(c2ccc(OCC3CO3)cc2)(c2ccc(OCC3CO3)cc2)CC1. The minimum Gasteiger partial charge on any atom is -0.491 e. The highest BCUT2D eigenvalue weighted by Gasteiger charge is 2.34.